The van der Waals surface area contributed by atoms with E-state index in [2.05, 4.69) is 10.4 Å². The molecule has 1 unspecified atom stereocenters. The van der Waals surface area contributed by atoms with Crippen LogP contribution in [0.2, 0.25) is 0 Å². The summed E-state index contributed by atoms with van der Waals surface area (Å²) in [4.78, 5) is 36.9. The quantitative estimate of drug-likeness (QED) is 0.896. The summed E-state index contributed by atoms with van der Waals surface area (Å²) in [5.74, 6) is -0.0488. The Bertz CT molecular complexity index is 857. The molecule has 1 aliphatic rings. The predicted octanol–water partition coefficient (Wildman–Crippen LogP) is 0.798. The van der Waals surface area contributed by atoms with E-state index in [0.29, 0.717) is 30.6 Å². The highest BCUT2D eigenvalue weighted by Crippen LogP contribution is 2.17. The Labute approximate surface area is 145 Å². The second-order valence-corrected chi connectivity index (χ2v) is 6.24. The van der Waals surface area contributed by atoms with Crippen LogP contribution in [0.1, 0.15) is 23.2 Å². The molecule has 7 nitrogen and oxygen atoms in total. The van der Waals surface area contributed by atoms with Gasteiger partial charge in [-0.2, -0.15) is 5.10 Å². The summed E-state index contributed by atoms with van der Waals surface area (Å²) in [6.07, 6.45) is 1.12. The van der Waals surface area contributed by atoms with E-state index >= 15 is 0 Å². The molecule has 3 rings (SSSR count). The van der Waals surface area contributed by atoms with Gasteiger partial charge < -0.3 is 10.2 Å². The van der Waals surface area contributed by atoms with E-state index < -0.39 is 0 Å². The highest BCUT2D eigenvalue weighted by molar-refractivity contribution is 5.95. The van der Waals surface area contributed by atoms with Crippen molar-refractivity contribution < 1.29 is 9.59 Å². The number of aryl methyl sites for hydroxylation is 1. The molecule has 2 amide bonds. The minimum atomic E-state index is -0.171. The monoisotopic (exact) mass is 340 g/mol. The van der Waals surface area contributed by atoms with Crippen LogP contribution in [-0.2, 0) is 11.8 Å². The van der Waals surface area contributed by atoms with Gasteiger partial charge in [-0.3, -0.25) is 14.4 Å². The molecular weight excluding hydrogens is 320 g/mol. The van der Waals surface area contributed by atoms with Crippen LogP contribution in [0.4, 0.5) is 0 Å². The van der Waals surface area contributed by atoms with Gasteiger partial charge in [0, 0.05) is 50.3 Å². The van der Waals surface area contributed by atoms with Crippen molar-refractivity contribution in [1.82, 2.24) is 20.0 Å². The van der Waals surface area contributed by atoms with Gasteiger partial charge in [-0.25, -0.2) is 4.68 Å². The highest BCUT2D eigenvalue weighted by Gasteiger charge is 2.24. The van der Waals surface area contributed by atoms with Crippen LogP contribution in [0.15, 0.2) is 41.2 Å². The number of amides is 2. The number of nitrogens with zero attached hydrogens (tertiary/aromatic N) is 3. The lowest BCUT2D eigenvalue weighted by molar-refractivity contribution is -0.132. The predicted molar refractivity (Wildman–Crippen MR) is 93.0 cm³/mol. The first-order valence-corrected chi connectivity index (χ1v) is 8.13. The molecule has 130 valence electrons. The molecular formula is C18H20N4O3. The third-order valence-electron chi connectivity index (χ3n) is 4.37. The van der Waals surface area contributed by atoms with Crippen molar-refractivity contribution >= 4 is 11.8 Å². The zero-order valence-electron chi connectivity index (χ0n) is 14.2. The van der Waals surface area contributed by atoms with Crippen molar-refractivity contribution in [3.63, 3.8) is 0 Å². The Balaban J connectivity index is 1.69. The lowest BCUT2D eigenvalue weighted by atomic mass is 10.0. The molecule has 25 heavy (non-hydrogen) atoms. The smallest absolute Gasteiger partial charge is 0.266 e. The number of nitrogens with one attached hydrogen (secondary N) is 1. The van der Waals surface area contributed by atoms with Gasteiger partial charge in [0.1, 0.15) is 0 Å². The van der Waals surface area contributed by atoms with Gasteiger partial charge in [-0.1, -0.05) is 12.1 Å². The fraction of sp³-hybridized carbons (Fsp3) is 0.333. The number of aromatic nitrogens is 2. The van der Waals surface area contributed by atoms with Gasteiger partial charge in [0.05, 0.1) is 5.69 Å². The van der Waals surface area contributed by atoms with E-state index in [1.165, 1.54) is 10.7 Å². The fourth-order valence-electron chi connectivity index (χ4n) is 2.85. The summed E-state index contributed by atoms with van der Waals surface area (Å²) in [6.45, 7) is 0.532. The highest BCUT2D eigenvalue weighted by atomic mass is 16.2. The van der Waals surface area contributed by atoms with Crippen molar-refractivity contribution in [2.45, 2.75) is 18.9 Å². The number of piperidine rings is 1. The van der Waals surface area contributed by atoms with Gasteiger partial charge in [0.15, 0.2) is 0 Å². The molecule has 1 saturated heterocycles. The molecule has 2 heterocycles. The SMILES string of the molecule is CN1CC(NC(=O)c2ccc(-c3ccc(=O)n(C)n3)cc2)CCC1=O. The Morgan fingerprint density at radius 1 is 1.12 bits per heavy atom. The molecule has 1 atom stereocenters. The van der Waals surface area contributed by atoms with Crippen molar-refractivity contribution in [2.24, 2.45) is 7.05 Å². The number of benzene rings is 1. The molecule has 0 spiro atoms. The average Bonchev–Trinajstić information content (AvgIpc) is 2.61. The van der Waals surface area contributed by atoms with E-state index in [9.17, 15) is 14.4 Å². The minimum absolute atomic E-state index is 0.0276. The molecule has 1 N–H and O–H groups in total. The molecule has 1 aliphatic heterocycles. The van der Waals surface area contributed by atoms with E-state index in [1.807, 2.05) is 0 Å². The molecule has 0 aliphatic carbocycles. The van der Waals surface area contributed by atoms with Crippen LogP contribution in [-0.4, -0.2) is 46.1 Å². The van der Waals surface area contributed by atoms with E-state index in [1.54, 1.807) is 49.3 Å². The molecule has 7 heteroatoms. The molecule has 2 aromatic rings. The second-order valence-electron chi connectivity index (χ2n) is 6.24. The Kier molecular flexibility index (Phi) is 4.65. The maximum atomic E-state index is 12.4. The van der Waals surface area contributed by atoms with Crippen LogP contribution in [0, 0.1) is 0 Å². The fourth-order valence-corrected chi connectivity index (χ4v) is 2.85. The number of likely N-dealkylation sites (N-methyl/N-ethyl adjacent to an activating group) is 1. The number of carbonyl (C=O) groups is 2. The normalized spacial score (nSPS) is 17.4. The van der Waals surface area contributed by atoms with Crippen molar-refractivity contribution in [3.05, 3.63) is 52.3 Å². The minimum Gasteiger partial charge on any atom is -0.348 e. The van der Waals surface area contributed by atoms with Gasteiger partial charge in [-0.05, 0) is 24.6 Å². The van der Waals surface area contributed by atoms with Gasteiger partial charge >= 0.3 is 0 Å². The number of likely N-dealkylation sites (tertiary alicyclic amines) is 1. The Morgan fingerprint density at radius 2 is 1.84 bits per heavy atom. The van der Waals surface area contributed by atoms with E-state index in [4.69, 9.17) is 0 Å². The van der Waals surface area contributed by atoms with Gasteiger partial charge in [0.2, 0.25) is 5.91 Å². The molecule has 1 fully saturated rings. The summed E-state index contributed by atoms with van der Waals surface area (Å²) < 4.78 is 1.27. The maximum absolute atomic E-state index is 12.4. The van der Waals surface area contributed by atoms with Crippen LogP contribution in [0.3, 0.4) is 0 Å². The topological polar surface area (TPSA) is 84.3 Å². The summed E-state index contributed by atoms with van der Waals surface area (Å²) in [7, 11) is 3.34. The summed E-state index contributed by atoms with van der Waals surface area (Å²) in [6, 6.07) is 10.2. The zero-order chi connectivity index (χ0) is 18.0. The first kappa shape index (κ1) is 16.9. The molecule has 1 aromatic carbocycles. The van der Waals surface area contributed by atoms with Gasteiger partial charge in [0.25, 0.3) is 11.5 Å². The first-order chi connectivity index (χ1) is 11.9. The van der Waals surface area contributed by atoms with Crippen LogP contribution in [0.25, 0.3) is 11.3 Å². The van der Waals surface area contributed by atoms with Crippen LogP contribution >= 0.6 is 0 Å². The number of hydrogen-bond acceptors (Lipinski definition) is 4. The average molecular weight is 340 g/mol. The van der Waals surface area contributed by atoms with Crippen molar-refractivity contribution in [1.29, 1.82) is 0 Å². The standard InChI is InChI=1S/C18H20N4O3/c1-21-11-14(7-9-16(21)23)19-18(25)13-5-3-12(4-6-13)15-8-10-17(24)22(2)20-15/h3-6,8,10,14H,7,9,11H2,1-2H3,(H,19,25). The lowest BCUT2D eigenvalue weighted by Gasteiger charge is -2.30. The van der Waals surface area contributed by atoms with Crippen molar-refractivity contribution in [3.8, 4) is 11.3 Å². The Hall–Kier alpha value is -2.96. The summed E-state index contributed by atoms with van der Waals surface area (Å²) >= 11 is 0. The van der Waals surface area contributed by atoms with Gasteiger partial charge in [-0.15, -0.1) is 0 Å². The molecule has 0 bridgehead atoms. The van der Waals surface area contributed by atoms with Crippen molar-refractivity contribution in [2.75, 3.05) is 13.6 Å². The summed E-state index contributed by atoms with van der Waals surface area (Å²) in [5.41, 5.74) is 1.88. The maximum Gasteiger partial charge on any atom is 0.266 e. The van der Waals surface area contributed by atoms with E-state index in [-0.39, 0.29) is 23.4 Å². The zero-order valence-corrected chi connectivity index (χ0v) is 14.2. The number of carbonyl (C=O) groups excluding carboxylic acids is 2. The largest absolute Gasteiger partial charge is 0.348 e. The van der Waals surface area contributed by atoms with E-state index in [0.717, 1.165) is 5.56 Å². The number of rotatable bonds is 3. The number of hydrogen-bond donors (Lipinski definition) is 1. The van der Waals surface area contributed by atoms with Crippen LogP contribution in [0.5, 0.6) is 0 Å². The lowest BCUT2D eigenvalue weighted by Crippen LogP contribution is -2.48. The molecule has 1 aromatic heterocycles. The molecule has 0 radical (unpaired) electrons. The molecule has 0 saturated carbocycles. The second kappa shape index (κ2) is 6.88. The van der Waals surface area contributed by atoms with Crippen LogP contribution < -0.4 is 10.9 Å². The third kappa shape index (κ3) is 3.76. The Morgan fingerprint density at radius 3 is 2.48 bits per heavy atom. The first-order valence-electron chi connectivity index (χ1n) is 8.13. The third-order valence-corrected chi connectivity index (χ3v) is 4.37. The summed E-state index contributed by atoms with van der Waals surface area (Å²) in [5, 5.41) is 7.16.